The van der Waals surface area contributed by atoms with Gasteiger partial charge in [0.2, 0.25) is 11.8 Å². The lowest BCUT2D eigenvalue weighted by molar-refractivity contribution is -0.149. The second-order valence-electron chi connectivity index (χ2n) is 15.2. The fraction of sp³-hybridized carbons (Fsp3) is 0.439. The molecule has 7 rings (SSSR count). The molecule has 3 aliphatic rings. The average molecular weight is 786 g/mol. The minimum atomic E-state index is -3.69. The fourth-order valence-electron chi connectivity index (χ4n) is 7.92. The van der Waals surface area contributed by atoms with Gasteiger partial charge in [-0.25, -0.2) is 5.09 Å². The minimum absolute atomic E-state index is 0.0103. The number of thiophene rings is 1. The Morgan fingerprint density at radius 2 is 1.78 bits per heavy atom. The number of hydrogen-bond donors (Lipinski definition) is 2. The van der Waals surface area contributed by atoms with Gasteiger partial charge < -0.3 is 24.4 Å². The Bertz CT molecular complexity index is 2120. The van der Waals surface area contributed by atoms with Crippen LogP contribution in [0.2, 0.25) is 0 Å². The number of fused-ring (bicyclic) bond motifs is 2. The van der Waals surface area contributed by atoms with Crippen LogP contribution in [-0.2, 0) is 29.8 Å². The molecule has 3 saturated heterocycles. The second-order valence-corrected chi connectivity index (χ2v) is 18.4. The average Bonchev–Trinajstić information content (AvgIpc) is 3.72. The number of nitrogens with one attached hydrogen (secondary N) is 2. The van der Waals surface area contributed by atoms with Crippen molar-refractivity contribution >= 4 is 52.6 Å². The second kappa shape index (κ2) is 16.3. The maximum Gasteiger partial charge on any atom is 0.323 e. The van der Waals surface area contributed by atoms with Crippen LogP contribution in [0.4, 0.5) is 0 Å². The third kappa shape index (κ3) is 8.64. The Balaban J connectivity index is 1.02. The van der Waals surface area contributed by atoms with Crippen LogP contribution in [0.3, 0.4) is 0 Å². The zero-order chi connectivity index (χ0) is 38.9. The highest BCUT2D eigenvalue weighted by molar-refractivity contribution is 7.56. The summed E-state index contributed by atoms with van der Waals surface area (Å²) in [4.78, 5) is 62.5. The van der Waals surface area contributed by atoms with Gasteiger partial charge in [0.25, 0.3) is 5.91 Å². The third-order valence-corrected chi connectivity index (χ3v) is 13.9. The number of likely N-dealkylation sites (tertiary alicyclic amines) is 1. The van der Waals surface area contributed by atoms with Crippen LogP contribution in [0.25, 0.3) is 10.1 Å². The monoisotopic (exact) mass is 785 g/mol. The maximum absolute atomic E-state index is 14.3. The lowest BCUT2D eigenvalue weighted by Crippen LogP contribution is -2.58. The van der Waals surface area contributed by atoms with Gasteiger partial charge in [0.05, 0.1) is 17.1 Å². The predicted octanol–water partition coefficient (Wildman–Crippen LogP) is 6.57. The highest BCUT2D eigenvalue weighted by atomic mass is 32.1. The molecule has 3 amide bonds. The van der Waals surface area contributed by atoms with E-state index >= 15 is 0 Å². The van der Waals surface area contributed by atoms with Crippen LogP contribution in [0.1, 0.15) is 85.2 Å². The van der Waals surface area contributed by atoms with E-state index in [4.69, 9.17) is 9.26 Å². The molecular formula is C41H48N5O7PS. The van der Waals surface area contributed by atoms with Crippen molar-refractivity contribution in [1.82, 2.24) is 25.2 Å². The molecule has 3 aliphatic heterocycles. The molecule has 2 aromatic carbocycles. The van der Waals surface area contributed by atoms with E-state index in [0.717, 1.165) is 40.5 Å². The van der Waals surface area contributed by atoms with Gasteiger partial charge in [-0.2, -0.15) is 0 Å². The summed E-state index contributed by atoms with van der Waals surface area (Å²) in [6.45, 7) is 8.37. The molecule has 1 unspecified atom stereocenters. The van der Waals surface area contributed by atoms with Gasteiger partial charge in [-0.1, -0.05) is 24.3 Å². The van der Waals surface area contributed by atoms with Crippen molar-refractivity contribution in [3.63, 3.8) is 0 Å². The smallest absolute Gasteiger partial charge is 0.323 e. The number of aryl methyl sites for hydroxylation is 1. The molecule has 2 aromatic heterocycles. The van der Waals surface area contributed by atoms with Crippen molar-refractivity contribution in [1.29, 1.82) is 0 Å². The molecule has 0 aliphatic carbocycles. The van der Waals surface area contributed by atoms with Gasteiger partial charge >= 0.3 is 13.5 Å². The van der Waals surface area contributed by atoms with E-state index in [2.05, 4.69) is 22.3 Å². The van der Waals surface area contributed by atoms with Crippen LogP contribution in [-0.4, -0.2) is 81.8 Å². The summed E-state index contributed by atoms with van der Waals surface area (Å²) in [6, 6.07) is 15.9. The topological polar surface area (TPSA) is 147 Å². The Labute approximate surface area is 325 Å². The number of hydrogen-bond acceptors (Lipinski definition) is 9. The molecule has 2 N–H and O–H groups in total. The molecule has 0 spiro atoms. The third-order valence-electron chi connectivity index (χ3n) is 10.7. The Kier molecular flexibility index (Phi) is 11.4. The molecule has 290 valence electrons. The van der Waals surface area contributed by atoms with E-state index in [1.165, 1.54) is 11.3 Å². The van der Waals surface area contributed by atoms with Gasteiger partial charge in [0.15, 0.2) is 0 Å². The summed E-state index contributed by atoms with van der Waals surface area (Å²) in [5.74, 6) is -0.453. The largest absolute Gasteiger partial charge is 0.462 e. The predicted molar refractivity (Wildman–Crippen MR) is 211 cm³/mol. The first-order valence-electron chi connectivity index (χ1n) is 19.0. The number of carbonyl (C=O) groups excluding carboxylic acids is 4. The van der Waals surface area contributed by atoms with E-state index in [9.17, 15) is 23.7 Å². The van der Waals surface area contributed by atoms with E-state index < -0.39 is 31.6 Å². The van der Waals surface area contributed by atoms with E-state index in [1.807, 2.05) is 41.4 Å². The molecule has 14 heteroatoms. The lowest BCUT2D eigenvalue weighted by atomic mass is 9.89. The first kappa shape index (κ1) is 38.7. The van der Waals surface area contributed by atoms with Crippen molar-refractivity contribution in [3.05, 3.63) is 94.6 Å². The van der Waals surface area contributed by atoms with Gasteiger partial charge in [-0.15, -0.1) is 11.3 Å². The molecule has 5 atom stereocenters. The maximum atomic E-state index is 14.3. The molecule has 12 nitrogen and oxygen atoms in total. The quantitative estimate of drug-likeness (QED) is 0.120. The van der Waals surface area contributed by atoms with Crippen molar-refractivity contribution < 1.29 is 33.0 Å². The zero-order valence-electron chi connectivity index (χ0n) is 31.6. The van der Waals surface area contributed by atoms with Gasteiger partial charge in [-0.3, -0.25) is 28.7 Å². The number of para-hydroxylation sites is 1. The van der Waals surface area contributed by atoms with Gasteiger partial charge in [0, 0.05) is 42.1 Å². The molecule has 3 fully saturated rings. The summed E-state index contributed by atoms with van der Waals surface area (Å²) in [6.07, 6.45) is 6.78. The van der Waals surface area contributed by atoms with E-state index in [-0.39, 0.29) is 41.9 Å². The van der Waals surface area contributed by atoms with Crippen LogP contribution in [0, 0.1) is 6.92 Å². The summed E-state index contributed by atoms with van der Waals surface area (Å²) in [7, 11) is -3.69. The number of nitrogens with zero attached hydrogens (tertiary/aromatic N) is 3. The number of amides is 3. The van der Waals surface area contributed by atoms with E-state index in [0.29, 0.717) is 42.1 Å². The van der Waals surface area contributed by atoms with Crippen LogP contribution in [0.15, 0.2) is 73.1 Å². The SMILES string of the molecule is Cc1ccncc1C1CN(C(=O)[C@@H]2CC[C@@H]3CCC[C@H](NC(=O)c4cc5cc(CP(=O)(N[C@@H](C)C(=O)OC(C)C)Oc6ccccc6)ccc5s4)C(=O)N32)C1. The molecule has 0 saturated carbocycles. The zero-order valence-corrected chi connectivity index (χ0v) is 33.3. The summed E-state index contributed by atoms with van der Waals surface area (Å²) >= 11 is 1.31. The normalized spacial score (nSPS) is 21.7. The number of ether oxygens (including phenoxy) is 1. The van der Waals surface area contributed by atoms with E-state index in [1.54, 1.807) is 62.2 Å². The number of aromatic nitrogens is 1. The summed E-state index contributed by atoms with van der Waals surface area (Å²) in [5.41, 5.74) is 3.01. The molecule has 4 aromatic rings. The number of esters is 1. The molecule has 55 heavy (non-hydrogen) atoms. The molecule has 0 bridgehead atoms. The van der Waals surface area contributed by atoms with Crippen LogP contribution < -0.4 is 14.9 Å². The first-order chi connectivity index (χ1) is 26.4. The van der Waals surface area contributed by atoms with Gasteiger partial charge in [-0.05, 0) is 118 Å². The molecule has 0 radical (unpaired) electrons. The Morgan fingerprint density at radius 3 is 2.53 bits per heavy atom. The number of pyridine rings is 1. The van der Waals surface area contributed by atoms with Crippen LogP contribution in [0.5, 0.6) is 5.75 Å². The standard InChI is InChI=1S/C41H48N5O7PS/c1-25(2)52-41(50)27(4)44-54(51,53-32-10-6-5-7-11-32)24-28-13-16-36-29(19-28)20-37(55-36)38(47)43-34-12-8-9-31-14-15-35(46(31)39(34)48)40(49)45-22-30(23-45)33-21-42-18-17-26(33)3/h5-7,10-11,13,16-21,25,27,30-31,34-35H,8-9,12,14-15,22-24H2,1-4H3,(H,43,47)(H,44,51)/t27-,31-,34-,35-,54?/m0/s1. The lowest BCUT2D eigenvalue weighted by Gasteiger charge is -2.43. The van der Waals surface area contributed by atoms with Crippen molar-refractivity contribution in [2.24, 2.45) is 0 Å². The van der Waals surface area contributed by atoms with Gasteiger partial charge in [0.1, 0.15) is 23.9 Å². The number of carbonyl (C=O) groups is 4. The minimum Gasteiger partial charge on any atom is -0.462 e. The Hall–Kier alpha value is -4.58. The molecule has 5 heterocycles. The highest BCUT2D eigenvalue weighted by Crippen LogP contribution is 2.47. The summed E-state index contributed by atoms with van der Waals surface area (Å²) in [5, 5.41) is 6.69. The number of benzene rings is 2. The first-order valence-corrected chi connectivity index (χ1v) is 21.7. The fourth-order valence-corrected chi connectivity index (χ4v) is 10.9. The van der Waals surface area contributed by atoms with Crippen molar-refractivity contribution in [3.8, 4) is 5.75 Å². The van der Waals surface area contributed by atoms with Crippen LogP contribution >= 0.6 is 18.9 Å². The van der Waals surface area contributed by atoms with Crippen molar-refractivity contribution in [2.45, 2.75) is 102 Å². The molecular weight excluding hydrogens is 738 g/mol. The Morgan fingerprint density at radius 1 is 1.00 bits per heavy atom. The van der Waals surface area contributed by atoms with Crippen molar-refractivity contribution in [2.75, 3.05) is 13.1 Å². The summed E-state index contributed by atoms with van der Waals surface area (Å²) < 4.78 is 26.5. The number of rotatable bonds is 12. The highest BCUT2D eigenvalue weighted by Gasteiger charge is 2.47.